The fourth-order valence-corrected chi connectivity index (χ4v) is 4.96. The number of aryl methyl sites for hydroxylation is 1. The second kappa shape index (κ2) is 10.3. The van der Waals surface area contributed by atoms with Crippen LogP contribution in [0, 0.1) is 5.82 Å². The second-order valence-electron chi connectivity index (χ2n) is 8.47. The average Bonchev–Trinajstić information content (AvgIpc) is 3.20. The molecule has 0 radical (unpaired) electrons. The third-order valence-electron chi connectivity index (χ3n) is 6.18. The van der Waals surface area contributed by atoms with E-state index in [2.05, 4.69) is 20.2 Å². The van der Waals surface area contributed by atoms with E-state index in [9.17, 15) is 4.39 Å². The smallest absolute Gasteiger partial charge is 0.225 e. The zero-order valence-electron chi connectivity index (χ0n) is 18.6. The van der Waals surface area contributed by atoms with Crippen LogP contribution in [-0.2, 0) is 13.1 Å². The van der Waals surface area contributed by atoms with Crippen LogP contribution in [0.25, 0.3) is 22.6 Å². The van der Waals surface area contributed by atoms with Crippen LogP contribution in [0.5, 0.6) is 0 Å². The van der Waals surface area contributed by atoms with Gasteiger partial charge in [-0.05, 0) is 44.0 Å². The summed E-state index contributed by atoms with van der Waals surface area (Å²) in [7, 11) is 0. The first-order chi connectivity index (χ1) is 16.6. The molecule has 2 aromatic heterocycles. The molecule has 1 aliphatic rings. The summed E-state index contributed by atoms with van der Waals surface area (Å²) >= 11 is 13.1. The van der Waals surface area contributed by atoms with Crippen molar-refractivity contribution >= 4 is 40.3 Å². The quantitative estimate of drug-likeness (QED) is 0.323. The monoisotopic (exact) mass is 498 g/mol. The Bertz CT molecular complexity index is 1280. The van der Waals surface area contributed by atoms with Crippen LogP contribution in [0.4, 0.5) is 10.3 Å². The topological polar surface area (TPSA) is 67.7 Å². The number of piperidine rings is 1. The molecule has 9 heteroatoms. The lowest BCUT2D eigenvalue weighted by atomic mass is 10.0. The zero-order chi connectivity index (χ0) is 23.5. The van der Waals surface area contributed by atoms with Gasteiger partial charge in [-0.3, -0.25) is 0 Å². The van der Waals surface area contributed by atoms with Crippen LogP contribution >= 0.6 is 23.2 Å². The molecule has 5 rings (SSSR count). The Balaban J connectivity index is 1.50. The predicted octanol–water partition coefficient (Wildman–Crippen LogP) is 6.08. The van der Waals surface area contributed by atoms with Gasteiger partial charge in [0, 0.05) is 24.7 Å². The van der Waals surface area contributed by atoms with Crippen LogP contribution < -0.4 is 10.6 Å². The summed E-state index contributed by atoms with van der Waals surface area (Å²) < 4.78 is 16.1. The SMILES string of the molecule is Fc1ccccc1CNc1ncc2nc(-c3c(Cl)cccc3Cl)n(CCC3CCCCN3)c2n1. The Hall–Kier alpha value is -2.74. The maximum absolute atomic E-state index is 14.0. The largest absolute Gasteiger partial charge is 0.350 e. The van der Waals surface area contributed by atoms with Gasteiger partial charge >= 0.3 is 0 Å². The molecule has 0 bridgehead atoms. The number of nitrogens with zero attached hydrogens (tertiary/aromatic N) is 4. The van der Waals surface area contributed by atoms with Gasteiger partial charge in [0.25, 0.3) is 0 Å². The number of benzene rings is 2. The lowest BCUT2D eigenvalue weighted by Gasteiger charge is -2.24. The first-order valence-corrected chi connectivity index (χ1v) is 12.2. The molecule has 1 aliphatic heterocycles. The number of rotatable bonds is 7. The van der Waals surface area contributed by atoms with E-state index >= 15 is 0 Å². The number of hydrogen-bond acceptors (Lipinski definition) is 5. The summed E-state index contributed by atoms with van der Waals surface area (Å²) in [4.78, 5) is 13.9. The molecule has 4 aromatic rings. The molecular weight excluding hydrogens is 474 g/mol. The lowest BCUT2D eigenvalue weighted by Crippen LogP contribution is -2.34. The van der Waals surface area contributed by atoms with Gasteiger partial charge < -0.3 is 15.2 Å². The standard InChI is InChI=1S/C25H25Cl2FN6/c26-18-8-5-9-19(27)22(18)24-32-21-15-31-25(30-14-16-6-1-2-10-20(16)28)33-23(21)34(24)13-11-17-7-3-4-12-29-17/h1-2,5-6,8-10,15,17,29H,3-4,7,11-14H2,(H,30,31,33). The van der Waals surface area contributed by atoms with Crippen LogP contribution in [0.15, 0.2) is 48.7 Å². The number of aromatic nitrogens is 4. The van der Waals surface area contributed by atoms with Crippen LogP contribution in [0.1, 0.15) is 31.2 Å². The molecule has 6 nitrogen and oxygen atoms in total. The molecule has 1 unspecified atom stereocenters. The molecular formula is C25H25Cl2FN6. The predicted molar refractivity (Wildman–Crippen MR) is 135 cm³/mol. The van der Waals surface area contributed by atoms with Gasteiger partial charge in [0.1, 0.15) is 17.2 Å². The van der Waals surface area contributed by atoms with E-state index in [1.54, 1.807) is 24.4 Å². The summed E-state index contributed by atoms with van der Waals surface area (Å²) in [5.74, 6) is 0.809. The van der Waals surface area contributed by atoms with E-state index in [4.69, 9.17) is 33.2 Å². The summed E-state index contributed by atoms with van der Waals surface area (Å²) in [5.41, 5.74) is 2.57. The minimum absolute atomic E-state index is 0.267. The molecule has 1 saturated heterocycles. The van der Waals surface area contributed by atoms with Crippen molar-refractivity contribution in [3.63, 3.8) is 0 Å². The first kappa shape index (κ1) is 23.0. The molecule has 176 valence electrons. The Morgan fingerprint density at radius 2 is 1.88 bits per heavy atom. The normalized spacial score (nSPS) is 16.1. The van der Waals surface area contributed by atoms with Crippen LogP contribution in [-0.4, -0.2) is 32.1 Å². The second-order valence-corrected chi connectivity index (χ2v) is 9.28. The maximum atomic E-state index is 14.0. The Kier molecular flexibility index (Phi) is 6.94. The van der Waals surface area contributed by atoms with Gasteiger partial charge in [-0.15, -0.1) is 0 Å². The number of anilines is 1. The summed E-state index contributed by atoms with van der Waals surface area (Å²) in [6.45, 7) is 2.03. The van der Waals surface area contributed by atoms with E-state index in [1.165, 1.54) is 18.9 Å². The fourth-order valence-electron chi connectivity index (χ4n) is 4.39. The van der Waals surface area contributed by atoms with Gasteiger partial charge in [-0.25, -0.2) is 14.4 Å². The van der Waals surface area contributed by atoms with Gasteiger partial charge in [0.05, 0.1) is 21.8 Å². The number of imidazole rings is 1. The molecule has 2 N–H and O–H groups in total. The van der Waals surface area contributed by atoms with Crippen molar-refractivity contribution < 1.29 is 4.39 Å². The van der Waals surface area contributed by atoms with Gasteiger partial charge in [0.15, 0.2) is 5.65 Å². The van der Waals surface area contributed by atoms with E-state index in [0.29, 0.717) is 56.7 Å². The number of nitrogens with one attached hydrogen (secondary N) is 2. The van der Waals surface area contributed by atoms with Crippen molar-refractivity contribution in [1.82, 2.24) is 24.8 Å². The van der Waals surface area contributed by atoms with Crippen LogP contribution in [0.3, 0.4) is 0 Å². The molecule has 1 fully saturated rings. The van der Waals surface area contributed by atoms with Crippen molar-refractivity contribution in [3.8, 4) is 11.4 Å². The highest BCUT2D eigenvalue weighted by Crippen LogP contribution is 2.36. The minimum Gasteiger partial charge on any atom is -0.350 e. The van der Waals surface area contributed by atoms with E-state index in [0.717, 1.165) is 19.4 Å². The number of hydrogen-bond donors (Lipinski definition) is 2. The third-order valence-corrected chi connectivity index (χ3v) is 6.81. The molecule has 1 atom stereocenters. The molecule has 0 aliphatic carbocycles. The molecule has 3 heterocycles. The fraction of sp³-hybridized carbons (Fsp3) is 0.320. The van der Waals surface area contributed by atoms with Gasteiger partial charge in [0.2, 0.25) is 5.95 Å². The van der Waals surface area contributed by atoms with Gasteiger partial charge in [-0.2, -0.15) is 4.98 Å². The highest BCUT2D eigenvalue weighted by atomic mass is 35.5. The molecule has 0 spiro atoms. The number of halogens is 3. The lowest BCUT2D eigenvalue weighted by molar-refractivity contribution is 0.368. The van der Waals surface area contributed by atoms with Crippen LogP contribution in [0.2, 0.25) is 10.0 Å². The third kappa shape index (κ3) is 4.87. The van der Waals surface area contributed by atoms with Crippen molar-refractivity contribution in [3.05, 3.63) is 70.1 Å². The summed E-state index contributed by atoms with van der Waals surface area (Å²) in [6.07, 6.45) is 6.21. The first-order valence-electron chi connectivity index (χ1n) is 11.5. The van der Waals surface area contributed by atoms with Crippen molar-refractivity contribution in [1.29, 1.82) is 0 Å². The molecule has 0 saturated carbocycles. The Morgan fingerprint density at radius 3 is 2.65 bits per heavy atom. The summed E-state index contributed by atoms with van der Waals surface area (Å²) in [6, 6.07) is 12.5. The van der Waals surface area contributed by atoms with Crippen molar-refractivity contribution in [2.45, 2.75) is 44.8 Å². The van der Waals surface area contributed by atoms with Crippen molar-refractivity contribution in [2.75, 3.05) is 11.9 Å². The summed E-state index contributed by atoms with van der Waals surface area (Å²) in [5, 5.41) is 7.80. The van der Waals surface area contributed by atoms with E-state index in [1.807, 2.05) is 18.2 Å². The highest BCUT2D eigenvalue weighted by molar-refractivity contribution is 6.39. The minimum atomic E-state index is -0.267. The number of fused-ring (bicyclic) bond motifs is 1. The maximum Gasteiger partial charge on any atom is 0.225 e. The molecule has 0 amide bonds. The Labute approximate surface area is 207 Å². The van der Waals surface area contributed by atoms with E-state index < -0.39 is 0 Å². The van der Waals surface area contributed by atoms with Crippen molar-refractivity contribution in [2.24, 2.45) is 0 Å². The zero-order valence-corrected chi connectivity index (χ0v) is 20.1. The van der Waals surface area contributed by atoms with Gasteiger partial charge in [-0.1, -0.05) is 53.9 Å². The average molecular weight is 499 g/mol. The Morgan fingerprint density at radius 1 is 1.06 bits per heavy atom. The van der Waals surface area contributed by atoms with E-state index in [-0.39, 0.29) is 12.4 Å². The highest BCUT2D eigenvalue weighted by Gasteiger charge is 2.21. The molecule has 34 heavy (non-hydrogen) atoms. The molecule has 2 aromatic carbocycles.